The van der Waals surface area contributed by atoms with Crippen molar-refractivity contribution in [1.82, 2.24) is 4.98 Å². The molecule has 1 unspecified atom stereocenters. The zero-order valence-corrected chi connectivity index (χ0v) is 13.2. The zero-order chi connectivity index (χ0) is 16.0. The van der Waals surface area contributed by atoms with Gasteiger partial charge >= 0.3 is 5.97 Å². The highest BCUT2D eigenvalue weighted by Gasteiger charge is 2.10. The lowest BCUT2D eigenvalue weighted by atomic mass is 9.93. The van der Waals surface area contributed by atoms with Crippen LogP contribution in [0.5, 0.6) is 0 Å². The SMILES string of the molecule is CCOC(=O)CCC(C/C=C/c1cccnc1)CCCC#N. The minimum Gasteiger partial charge on any atom is -0.466 e. The van der Waals surface area contributed by atoms with Crippen LogP contribution in [0.15, 0.2) is 30.6 Å². The standard InChI is InChI=1S/C18H24N2O2/c1-2-22-18(21)12-11-16(7-3-4-13-19)8-5-9-17-10-6-14-20-15-17/h5-6,9-10,14-16H,2-4,7-8,11-12H2,1H3/b9-5+. The van der Waals surface area contributed by atoms with Gasteiger partial charge in [-0.05, 0) is 50.2 Å². The molecule has 4 heteroatoms. The number of ether oxygens (including phenoxy) is 1. The van der Waals surface area contributed by atoms with Crippen molar-refractivity contribution in [3.8, 4) is 6.07 Å². The third-order valence-corrected chi connectivity index (χ3v) is 3.43. The second kappa shape index (κ2) is 11.5. The second-order valence-corrected chi connectivity index (χ2v) is 5.18. The third kappa shape index (κ3) is 8.21. The van der Waals surface area contributed by atoms with E-state index in [9.17, 15) is 4.79 Å². The van der Waals surface area contributed by atoms with Gasteiger partial charge in [0.25, 0.3) is 0 Å². The van der Waals surface area contributed by atoms with E-state index in [1.54, 1.807) is 6.20 Å². The lowest BCUT2D eigenvalue weighted by Gasteiger charge is -2.13. The van der Waals surface area contributed by atoms with Gasteiger partial charge in [0, 0.05) is 25.2 Å². The van der Waals surface area contributed by atoms with Crippen molar-refractivity contribution in [2.75, 3.05) is 6.61 Å². The Morgan fingerprint density at radius 1 is 1.50 bits per heavy atom. The van der Waals surface area contributed by atoms with Gasteiger partial charge in [-0.2, -0.15) is 5.26 Å². The molecule has 0 aromatic carbocycles. The topological polar surface area (TPSA) is 63.0 Å². The highest BCUT2D eigenvalue weighted by Crippen LogP contribution is 2.20. The quantitative estimate of drug-likeness (QED) is 0.481. The van der Waals surface area contributed by atoms with Crippen molar-refractivity contribution >= 4 is 12.0 Å². The Kier molecular flexibility index (Phi) is 9.36. The summed E-state index contributed by atoms with van der Waals surface area (Å²) in [4.78, 5) is 15.5. The predicted molar refractivity (Wildman–Crippen MR) is 86.7 cm³/mol. The van der Waals surface area contributed by atoms with Crippen molar-refractivity contribution < 1.29 is 9.53 Å². The van der Waals surface area contributed by atoms with E-state index >= 15 is 0 Å². The first-order valence-electron chi connectivity index (χ1n) is 7.85. The Hall–Kier alpha value is -2.15. The van der Waals surface area contributed by atoms with Crippen LogP contribution in [0, 0.1) is 17.2 Å². The van der Waals surface area contributed by atoms with Crippen LogP contribution in [-0.2, 0) is 9.53 Å². The summed E-state index contributed by atoms with van der Waals surface area (Å²) in [6.07, 6.45) is 12.3. The first-order chi connectivity index (χ1) is 10.8. The van der Waals surface area contributed by atoms with Crippen LogP contribution in [-0.4, -0.2) is 17.6 Å². The molecule has 1 rings (SSSR count). The summed E-state index contributed by atoms with van der Waals surface area (Å²) in [5, 5.41) is 8.65. The van der Waals surface area contributed by atoms with E-state index in [-0.39, 0.29) is 5.97 Å². The predicted octanol–water partition coefficient (Wildman–Crippen LogP) is 4.14. The van der Waals surface area contributed by atoms with Gasteiger partial charge in [-0.25, -0.2) is 0 Å². The van der Waals surface area contributed by atoms with Gasteiger partial charge in [-0.15, -0.1) is 0 Å². The molecule has 4 nitrogen and oxygen atoms in total. The third-order valence-electron chi connectivity index (χ3n) is 3.43. The molecule has 0 saturated carbocycles. The van der Waals surface area contributed by atoms with Crippen molar-refractivity contribution in [3.63, 3.8) is 0 Å². The minimum absolute atomic E-state index is 0.135. The molecule has 0 amide bonds. The number of rotatable bonds is 10. The number of pyridine rings is 1. The summed E-state index contributed by atoms with van der Waals surface area (Å²) in [5.41, 5.74) is 1.07. The molecule has 1 heterocycles. The number of carbonyl (C=O) groups excluding carboxylic acids is 1. The van der Waals surface area contributed by atoms with Crippen LogP contribution in [0.1, 0.15) is 51.0 Å². The molecule has 118 valence electrons. The van der Waals surface area contributed by atoms with Crippen LogP contribution in [0.2, 0.25) is 0 Å². The fraction of sp³-hybridized carbons (Fsp3) is 0.500. The average Bonchev–Trinajstić information content (AvgIpc) is 2.53. The molecule has 1 aromatic heterocycles. The van der Waals surface area contributed by atoms with E-state index < -0.39 is 0 Å². The maximum absolute atomic E-state index is 11.5. The van der Waals surface area contributed by atoms with Gasteiger partial charge in [-0.1, -0.05) is 18.2 Å². The summed E-state index contributed by atoms with van der Waals surface area (Å²) in [7, 11) is 0. The molecular weight excluding hydrogens is 276 g/mol. The fourth-order valence-corrected chi connectivity index (χ4v) is 2.28. The Labute approximate surface area is 132 Å². The zero-order valence-electron chi connectivity index (χ0n) is 13.2. The molecule has 0 aliphatic heterocycles. The first kappa shape index (κ1) is 17.9. The number of esters is 1. The number of nitriles is 1. The Morgan fingerprint density at radius 3 is 3.05 bits per heavy atom. The van der Waals surface area contributed by atoms with Gasteiger partial charge in [0.2, 0.25) is 0 Å². The van der Waals surface area contributed by atoms with Crippen LogP contribution >= 0.6 is 0 Å². The monoisotopic (exact) mass is 300 g/mol. The number of hydrogen-bond donors (Lipinski definition) is 0. The Balaban J connectivity index is 2.44. The van der Waals surface area contributed by atoms with Crippen molar-refractivity contribution in [1.29, 1.82) is 5.26 Å². The molecule has 0 bridgehead atoms. The van der Waals surface area contributed by atoms with E-state index in [0.29, 0.717) is 25.4 Å². The molecule has 22 heavy (non-hydrogen) atoms. The summed E-state index contributed by atoms with van der Waals surface area (Å²) in [6, 6.07) is 6.09. The minimum atomic E-state index is -0.135. The summed E-state index contributed by atoms with van der Waals surface area (Å²) in [5.74, 6) is 0.273. The summed E-state index contributed by atoms with van der Waals surface area (Å²) >= 11 is 0. The number of nitrogens with zero attached hydrogens (tertiary/aromatic N) is 2. The van der Waals surface area contributed by atoms with E-state index in [1.165, 1.54) is 0 Å². The van der Waals surface area contributed by atoms with E-state index in [4.69, 9.17) is 10.00 Å². The van der Waals surface area contributed by atoms with Crippen LogP contribution in [0.3, 0.4) is 0 Å². The Morgan fingerprint density at radius 2 is 2.36 bits per heavy atom. The average molecular weight is 300 g/mol. The van der Waals surface area contributed by atoms with Crippen molar-refractivity contribution in [2.24, 2.45) is 5.92 Å². The smallest absolute Gasteiger partial charge is 0.305 e. The summed E-state index contributed by atoms with van der Waals surface area (Å²) in [6.45, 7) is 2.25. The molecule has 0 N–H and O–H groups in total. The molecular formula is C18H24N2O2. The summed E-state index contributed by atoms with van der Waals surface area (Å²) < 4.78 is 4.97. The van der Waals surface area contributed by atoms with Crippen molar-refractivity contribution in [3.05, 3.63) is 36.2 Å². The van der Waals surface area contributed by atoms with Crippen LogP contribution in [0.25, 0.3) is 6.08 Å². The van der Waals surface area contributed by atoms with Crippen LogP contribution < -0.4 is 0 Å². The second-order valence-electron chi connectivity index (χ2n) is 5.18. The van der Waals surface area contributed by atoms with E-state index in [1.807, 2.05) is 25.3 Å². The van der Waals surface area contributed by atoms with E-state index in [0.717, 1.165) is 31.2 Å². The Bertz CT molecular complexity index is 492. The number of aromatic nitrogens is 1. The molecule has 0 fully saturated rings. The van der Waals surface area contributed by atoms with Gasteiger partial charge in [0.15, 0.2) is 0 Å². The number of unbranched alkanes of at least 4 members (excludes halogenated alkanes) is 1. The van der Waals surface area contributed by atoms with E-state index in [2.05, 4.69) is 23.2 Å². The van der Waals surface area contributed by atoms with Gasteiger partial charge in [0.1, 0.15) is 0 Å². The number of carbonyl (C=O) groups is 1. The lowest BCUT2D eigenvalue weighted by molar-refractivity contribution is -0.143. The number of hydrogen-bond acceptors (Lipinski definition) is 4. The maximum Gasteiger partial charge on any atom is 0.305 e. The fourth-order valence-electron chi connectivity index (χ4n) is 2.28. The molecule has 0 saturated heterocycles. The molecule has 1 atom stereocenters. The molecule has 1 aromatic rings. The molecule has 0 aliphatic rings. The molecule has 0 spiro atoms. The first-order valence-corrected chi connectivity index (χ1v) is 7.85. The van der Waals surface area contributed by atoms with Crippen molar-refractivity contribution in [2.45, 2.75) is 45.4 Å². The maximum atomic E-state index is 11.5. The lowest BCUT2D eigenvalue weighted by Crippen LogP contribution is -2.08. The number of allylic oxidation sites excluding steroid dienone is 1. The largest absolute Gasteiger partial charge is 0.466 e. The molecule has 0 radical (unpaired) electrons. The normalized spacial score (nSPS) is 12.0. The van der Waals surface area contributed by atoms with Gasteiger partial charge < -0.3 is 4.74 Å². The highest BCUT2D eigenvalue weighted by molar-refractivity contribution is 5.69. The highest BCUT2D eigenvalue weighted by atomic mass is 16.5. The molecule has 0 aliphatic carbocycles. The van der Waals surface area contributed by atoms with Gasteiger partial charge in [0.05, 0.1) is 12.7 Å². The van der Waals surface area contributed by atoms with Gasteiger partial charge in [-0.3, -0.25) is 9.78 Å². The van der Waals surface area contributed by atoms with Crippen LogP contribution in [0.4, 0.5) is 0 Å².